The lowest BCUT2D eigenvalue weighted by Crippen LogP contribution is -2.29. The maximum Gasteiger partial charge on any atom is 0.157 e. The van der Waals surface area contributed by atoms with E-state index in [1.807, 2.05) is 72.0 Å². The number of ether oxygens (including phenoxy) is 4. The van der Waals surface area contributed by atoms with Crippen molar-refractivity contribution in [2.75, 3.05) is 37.9 Å². The van der Waals surface area contributed by atoms with Gasteiger partial charge in [0, 0.05) is 81.3 Å². The van der Waals surface area contributed by atoms with E-state index >= 15 is 0 Å². The summed E-state index contributed by atoms with van der Waals surface area (Å²) in [5.74, 6) is 2.44. The number of hydrogen-bond donors (Lipinski definition) is 0. The van der Waals surface area contributed by atoms with Crippen LogP contribution in [-0.2, 0) is 18.9 Å². The van der Waals surface area contributed by atoms with Gasteiger partial charge < -0.3 is 18.9 Å². The highest BCUT2D eigenvalue weighted by Crippen LogP contribution is 2.44. The van der Waals surface area contributed by atoms with Crippen LogP contribution in [0.2, 0.25) is 11.1 Å². The first-order chi connectivity index (χ1) is 20.5. The molecule has 0 radical (unpaired) electrons. The fraction of sp³-hybridized carbons (Fsp3) is 0.533. The summed E-state index contributed by atoms with van der Waals surface area (Å²) in [4.78, 5) is 10.2. The lowest BCUT2D eigenvalue weighted by molar-refractivity contribution is -0.140. The molecule has 42 heavy (non-hydrogen) atoms. The average Bonchev–Trinajstić information content (AvgIpc) is 3.62. The first kappa shape index (κ1) is 34.1. The number of para-hydroxylation sites is 2. The van der Waals surface area contributed by atoms with Gasteiger partial charge >= 0.3 is 0 Å². The zero-order chi connectivity index (χ0) is 29.9. The van der Waals surface area contributed by atoms with Crippen molar-refractivity contribution >= 4 is 85.2 Å². The van der Waals surface area contributed by atoms with E-state index in [9.17, 15) is 0 Å². The molecule has 4 aromatic rings. The molecule has 2 aromatic heterocycles. The molecule has 0 bridgehead atoms. The third-order valence-electron chi connectivity index (χ3n) is 7.29. The van der Waals surface area contributed by atoms with Gasteiger partial charge in [-0.25, -0.2) is 9.97 Å². The Balaban J connectivity index is 1.53. The standard InChI is InChI=1S/C30H44N2O4S4Si2/c1-5-33-29(34-6-2)25(41)19(27-31-21-13-9-11-15-23(21)39-27)17-37-38-18-20(26(42)30(35-7-3)36-8-4)28-32-22-14-10-12-16-24(22)40-28/h9-16,19-20,25-26,29-30H,5-8,17-18H2,1-4,41-42H3. The van der Waals surface area contributed by atoms with E-state index in [1.54, 1.807) is 0 Å². The molecule has 6 nitrogen and oxygen atoms in total. The number of aromatic nitrogens is 2. The minimum absolute atomic E-state index is 0.200. The molecule has 2 heterocycles. The van der Waals surface area contributed by atoms with E-state index in [1.165, 1.54) is 19.4 Å². The monoisotopic (exact) mass is 680 g/mol. The lowest BCUT2D eigenvalue weighted by Gasteiger charge is -2.30. The molecule has 4 unspecified atom stereocenters. The van der Waals surface area contributed by atoms with Gasteiger partial charge in [-0.2, -0.15) is 0 Å². The van der Waals surface area contributed by atoms with Crippen molar-refractivity contribution in [1.82, 2.24) is 9.97 Å². The molecule has 0 saturated carbocycles. The van der Waals surface area contributed by atoms with E-state index in [2.05, 4.69) is 48.5 Å². The van der Waals surface area contributed by atoms with E-state index in [0.717, 1.165) is 43.0 Å². The lowest BCUT2D eigenvalue weighted by atomic mass is 10.1. The summed E-state index contributed by atoms with van der Waals surface area (Å²) in [6.45, 7) is 10.7. The van der Waals surface area contributed by atoms with Crippen LogP contribution >= 0.6 is 44.3 Å². The molecule has 4 rings (SSSR count). The number of hydrogen-bond acceptors (Lipinski definition) is 10. The third-order valence-corrected chi connectivity index (χ3v) is 14.8. The predicted octanol–water partition coefficient (Wildman–Crippen LogP) is 6.26. The number of rotatable bonds is 19. The highest BCUT2D eigenvalue weighted by molar-refractivity contribution is 8.76. The Morgan fingerprint density at radius 2 is 0.976 bits per heavy atom. The molecular formula is C30H44N2O4S4Si2. The van der Waals surface area contributed by atoms with Gasteiger partial charge in [0.25, 0.3) is 0 Å². The molecule has 0 aliphatic rings. The second-order valence-electron chi connectivity index (χ2n) is 10.1. The van der Waals surface area contributed by atoms with Crippen molar-refractivity contribution in [3.8, 4) is 0 Å². The van der Waals surface area contributed by atoms with Crippen LogP contribution in [0.25, 0.3) is 20.4 Å². The smallest absolute Gasteiger partial charge is 0.157 e. The molecule has 0 N–H and O–H groups in total. The highest BCUT2D eigenvalue weighted by Gasteiger charge is 2.33. The van der Waals surface area contributed by atoms with Gasteiger partial charge in [0.2, 0.25) is 0 Å². The molecule has 0 aliphatic carbocycles. The Morgan fingerprint density at radius 1 is 0.619 bits per heavy atom. The van der Waals surface area contributed by atoms with Crippen LogP contribution in [-0.4, -0.2) is 81.0 Å². The minimum atomic E-state index is -0.200. The molecule has 2 aromatic carbocycles. The van der Waals surface area contributed by atoms with Crippen molar-refractivity contribution in [2.24, 2.45) is 0 Å². The molecule has 12 heteroatoms. The molecule has 230 valence electrons. The van der Waals surface area contributed by atoms with Crippen LogP contribution in [0.15, 0.2) is 48.5 Å². The largest absolute Gasteiger partial charge is 0.353 e. The highest BCUT2D eigenvalue weighted by atomic mass is 33.1. The predicted molar refractivity (Wildman–Crippen MR) is 191 cm³/mol. The van der Waals surface area contributed by atoms with Crippen LogP contribution in [0.1, 0.15) is 49.5 Å². The Kier molecular flexibility index (Phi) is 14.3. The van der Waals surface area contributed by atoms with Gasteiger partial charge in [-0.3, -0.25) is 0 Å². The molecule has 4 atom stereocenters. The molecular weight excluding hydrogens is 637 g/mol. The first-order valence-corrected chi connectivity index (χ1v) is 21.3. The molecule has 0 spiro atoms. The van der Waals surface area contributed by atoms with Gasteiger partial charge in [-0.05, 0) is 52.0 Å². The Hall–Kier alpha value is -0.806. The van der Waals surface area contributed by atoms with Gasteiger partial charge in [0.05, 0.1) is 30.4 Å². The van der Waals surface area contributed by atoms with E-state index in [4.69, 9.17) is 28.9 Å². The Labute approximate surface area is 272 Å². The number of nitrogens with zero attached hydrogens (tertiary/aromatic N) is 2. The summed E-state index contributed by atoms with van der Waals surface area (Å²) in [5.41, 5.74) is 2.74. The zero-order valence-corrected chi connectivity index (χ0v) is 32.8. The van der Waals surface area contributed by atoms with Crippen molar-refractivity contribution in [2.45, 2.75) is 63.2 Å². The van der Waals surface area contributed by atoms with Crippen molar-refractivity contribution in [3.05, 3.63) is 58.5 Å². The van der Waals surface area contributed by atoms with Crippen LogP contribution < -0.4 is 0 Å². The molecule has 0 aliphatic heterocycles. The molecule has 0 amide bonds. The van der Waals surface area contributed by atoms with Crippen LogP contribution in [0.5, 0.6) is 0 Å². The topological polar surface area (TPSA) is 62.7 Å². The quantitative estimate of drug-likeness (QED) is 0.0498. The zero-order valence-electron chi connectivity index (χ0n) is 25.5. The van der Waals surface area contributed by atoms with Gasteiger partial charge in [-0.1, -0.05) is 45.9 Å². The van der Waals surface area contributed by atoms with E-state index in [-0.39, 0.29) is 24.4 Å². The van der Waals surface area contributed by atoms with Crippen molar-refractivity contribution < 1.29 is 18.9 Å². The Bertz CT molecular complexity index is 1180. The average molecular weight is 681 g/mol. The fourth-order valence-electron chi connectivity index (χ4n) is 4.98. The van der Waals surface area contributed by atoms with Gasteiger partial charge in [-0.15, -0.1) is 22.7 Å². The summed E-state index contributed by atoms with van der Waals surface area (Å²) >= 11 is 3.62. The third kappa shape index (κ3) is 8.89. The maximum absolute atomic E-state index is 6.10. The van der Waals surface area contributed by atoms with E-state index in [0.29, 0.717) is 37.5 Å². The summed E-state index contributed by atoms with van der Waals surface area (Å²) in [6.07, 6.45) is -0.400. The second-order valence-corrected chi connectivity index (χ2v) is 17.4. The van der Waals surface area contributed by atoms with Crippen LogP contribution in [0.3, 0.4) is 0 Å². The Morgan fingerprint density at radius 3 is 1.31 bits per heavy atom. The minimum Gasteiger partial charge on any atom is -0.353 e. The number of fused-ring (bicyclic) bond motifs is 2. The number of benzene rings is 2. The van der Waals surface area contributed by atoms with Crippen LogP contribution in [0.4, 0.5) is 0 Å². The second kappa shape index (κ2) is 17.6. The van der Waals surface area contributed by atoms with Crippen LogP contribution in [0, 0.1) is 0 Å². The van der Waals surface area contributed by atoms with Crippen molar-refractivity contribution in [3.63, 3.8) is 0 Å². The SMILES string of the molecule is CCOC(OCC)C([SiH3])C(CSSCC(c1nc2ccccc2s1)C([SiH3])C(OCC)OCC)c1nc2ccccc2s1. The summed E-state index contributed by atoms with van der Waals surface area (Å²) in [7, 11) is 5.78. The van der Waals surface area contributed by atoms with Gasteiger partial charge in [0.15, 0.2) is 12.6 Å². The summed E-state index contributed by atoms with van der Waals surface area (Å²) in [6, 6.07) is 16.9. The van der Waals surface area contributed by atoms with Crippen molar-refractivity contribution in [1.29, 1.82) is 0 Å². The number of thiazole rings is 2. The molecule has 0 saturated heterocycles. The molecule has 0 fully saturated rings. The first-order valence-electron chi connectivity index (χ1n) is 14.9. The normalized spacial score (nSPS) is 15.3. The van der Waals surface area contributed by atoms with Gasteiger partial charge in [0.1, 0.15) is 0 Å². The maximum atomic E-state index is 6.10. The fourth-order valence-corrected chi connectivity index (χ4v) is 13.5. The summed E-state index contributed by atoms with van der Waals surface area (Å²) in [5, 5.41) is 2.37. The van der Waals surface area contributed by atoms with E-state index < -0.39 is 0 Å². The summed E-state index contributed by atoms with van der Waals surface area (Å²) < 4.78 is 26.9.